The van der Waals surface area contributed by atoms with Crippen LogP contribution >= 0.6 is 11.3 Å². The summed E-state index contributed by atoms with van der Waals surface area (Å²) in [5, 5.41) is 2.12. The first-order valence-corrected chi connectivity index (χ1v) is 8.74. The largest absolute Gasteiger partial charge is 0.260 e. The zero-order valence-corrected chi connectivity index (χ0v) is 13.0. The molecular weight excluding hydrogens is 262 g/mol. The van der Waals surface area contributed by atoms with Crippen LogP contribution in [0.3, 0.4) is 0 Å². The summed E-state index contributed by atoms with van der Waals surface area (Å²) < 4.78 is 0. The second-order valence-electron chi connectivity index (χ2n) is 5.96. The fraction of sp³-hybridized carbons (Fsp3) is 0.500. The van der Waals surface area contributed by atoms with Gasteiger partial charge in [0.1, 0.15) is 0 Å². The lowest BCUT2D eigenvalue weighted by atomic mass is 9.78. The summed E-state index contributed by atoms with van der Waals surface area (Å²) in [6, 6.07) is 8.76. The molecule has 0 bridgehead atoms. The number of hydrogen-bond acceptors (Lipinski definition) is 2. The zero-order chi connectivity index (χ0) is 13.8. The van der Waals surface area contributed by atoms with Gasteiger partial charge in [-0.05, 0) is 49.1 Å². The number of thiophene rings is 1. The molecule has 106 valence electrons. The van der Waals surface area contributed by atoms with Crippen molar-refractivity contribution in [1.82, 2.24) is 4.98 Å². The van der Waals surface area contributed by atoms with Crippen LogP contribution in [0.15, 0.2) is 35.8 Å². The molecule has 0 radical (unpaired) electrons. The molecule has 0 amide bonds. The average molecular weight is 285 g/mol. The summed E-state index contributed by atoms with van der Waals surface area (Å²) in [4.78, 5) is 6.05. The van der Waals surface area contributed by atoms with Gasteiger partial charge in [0.2, 0.25) is 0 Å². The van der Waals surface area contributed by atoms with E-state index < -0.39 is 0 Å². The molecule has 0 atom stereocenters. The molecule has 1 nitrogen and oxygen atoms in total. The molecule has 2 aromatic rings. The number of pyridine rings is 1. The van der Waals surface area contributed by atoms with Crippen molar-refractivity contribution in [1.29, 1.82) is 0 Å². The van der Waals surface area contributed by atoms with Crippen LogP contribution in [0.2, 0.25) is 0 Å². The Morgan fingerprint density at radius 1 is 1.15 bits per heavy atom. The first kappa shape index (κ1) is 13.8. The third kappa shape index (κ3) is 3.12. The molecule has 1 aliphatic rings. The Morgan fingerprint density at radius 2 is 2.00 bits per heavy atom. The Kier molecular flexibility index (Phi) is 4.51. The van der Waals surface area contributed by atoms with Gasteiger partial charge in [0.05, 0.1) is 0 Å². The van der Waals surface area contributed by atoms with Gasteiger partial charge in [0.15, 0.2) is 0 Å². The molecule has 1 saturated carbocycles. The Bertz CT molecular complexity index is 507. The minimum absolute atomic E-state index is 0.695. The maximum absolute atomic E-state index is 4.74. The number of rotatable bonds is 4. The van der Waals surface area contributed by atoms with E-state index in [9.17, 15) is 0 Å². The highest BCUT2D eigenvalue weighted by Crippen LogP contribution is 2.37. The van der Waals surface area contributed by atoms with Gasteiger partial charge in [0, 0.05) is 28.2 Å². The monoisotopic (exact) mass is 285 g/mol. The van der Waals surface area contributed by atoms with Crippen molar-refractivity contribution >= 4 is 11.3 Å². The maximum atomic E-state index is 4.74. The second kappa shape index (κ2) is 6.53. The molecule has 0 saturated heterocycles. The lowest BCUT2D eigenvalue weighted by Crippen LogP contribution is -2.14. The van der Waals surface area contributed by atoms with Crippen LogP contribution < -0.4 is 0 Å². The highest BCUT2D eigenvalue weighted by molar-refractivity contribution is 7.13. The van der Waals surface area contributed by atoms with Gasteiger partial charge in [-0.25, -0.2) is 0 Å². The summed E-state index contributed by atoms with van der Waals surface area (Å²) in [5.41, 5.74) is 2.56. The molecule has 2 aromatic heterocycles. The van der Waals surface area contributed by atoms with Crippen LogP contribution in [-0.2, 0) is 0 Å². The Labute approximate surface area is 126 Å². The molecule has 0 aliphatic heterocycles. The van der Waals surface area contributed by atoms with Gasteiger partial charge in [-0.3, -0.25) is 4.98 Å². The van der Waals surface area contributed by atoms with Gasteiger partial charge >= 0.3 is 0 Å². The molecule has 2 heteroatoms. The molecule has 1 fully saturated rings. The van der Waals surface area contributed by atoms with Gasteiger partial charge in [0.25, 0.3) is 0 Å². The van der Waals surface area contributed by atoms with Gasteiger partial charge in [-0.15, -0.1) is 11.3 Å². The molecule has 0 N–H and O–H groups in total. The number of nitrogens with zero attached hydrogens (tertiary/aromatic N) is 1. The molecule has 1 aliphatic carbocycles. The summed E-state index contributed by atoms with van der Waals surface area (Å²) in [5.74, 6) is 1.67. The highest BCUT2D eigenvalue weighted by atomic mass is 32.1. The minimum Gasteiger partial charge on any atom is -0.260 e. The fourth-order valence-corrected chi connectivity index (χ4v) is 4.11. The number of aromatic nitrogens is 1. The van der Waals surface area contributed by atoms with E-state index in [1.54, 1.807) is 11.3 Å². The van der Waals surface area contributed by atoms with E-state index in [1.165, 1.54) is 54.7 Å². The SMILES string of the molecule is CCC[C@H]1CC[C@H](c2ccc(-c3cccs3)cn2)CC1. The van der Waals surface area contributed by atoms with Crippen molar-refractivity contribution in [2.24, 2.45) is 5.92 Å². The molecule has 0 unspecified atom stereocenters. The standard InChI is InChI=1S/C18H23NS/c1-2-4-14-6-8-15(9-7-14)17-11-10-16(13-19-17)18-5-3-12-20-18/h3,5,10-15H,2,4,6-9H2,1H3/t14-,15-. The lowest BCUT2D eigenvalue weighted by molar-refractivity contribution is 0.305. The maximum Gasteiger partial charge on any atom is 0.0434 e. The Balaban J connectivity index is 1.64. The van der Waals surface area contributed by atoms with Crippen molar-refractivity contribution in [2.75, 3.05) is 0 Å². The van der Waals surface area contributed by atoms with Crippen LogP contribution in [0.5, 0.6) is 0 Å². The zero-order valence-electron chi connectivity index (χ0n) is 12.2. The van der Waals surface area contributed by atoms with E-state index in [4.69, 9.17) is 4.98 Å². The van der Waals surface area contributed by atoms with Crippen molar-refractivity contribution in [3.8, 4) is 10.4 Å². The van der Waals surface area contributed by atoms with Crippen molar-refractivity contribution in [3.05, 3.63) is 41.5 Å². The predicted molar refractivity (Wildman–Crippen MR) is 87.2 cm³/mol. The van der Waals surface area contributed by atoms with E-state index in [2.05, 4.69) is 42.8 Å². The normalized spacial score (nSPS) is 22.9. The van der Waals surface area contributed by atoms with Gasteiger partial charge in [-0.2, -0.15) is 0 Å². The molecule has 2 heterocycles. The fourth-order valence-electron chi connectivity index (χ4n) is 3.39. The quantitative estimate of drug-likeness (QED) is 0.683. The van der Waals surface area contributed by atoms with Crippen LogP contribution in [0, 0.1) is 5.92 Å². The molecule has 3 rings (SSSR count). The lowest BCUT2D eigenvalue weighted by Gasteiger charge is -2.28. The van der Waals surface area contributed by atoms with E-state index in [0.717, 1.165) is 5.92 Å². The first-order chi connectivity index (χ1) is 9.86. The van der Waals surface area contributed by atoms with Gasteiger partial charge < -0.3 is 0 Å². The molecule has 0 aromatic carbocycles. The molecule has 20 heavy (non-hydrogen) atoms. The van der Waals surface area contributed by atoms with Crippen LogP contribution in [0.1, 0.15) is 57.1 Å². The topological polar surface area (TPSA) is 12.9 Å². The summed E-state index contributed by atoms with van der Waals surface area (Å²) in [6.07, 6.45) is 10.3. The summed E-state index contributed by atoms with van der Waals surface area (Å²) >= 11 is 1.78. The van der Waals surface area contributed by atoms with Crippen LogP contribution in [0.25, 0.3) is 10.4 Å². The van der Waals surface area contributed by atoms with E-state index in [0.29, 0.717) is 5.92 Å². The van der Waals surface area contributed by atoms with E-state index >= 15 is 0 Å². The van der Waals surface area contributed by atoms with Crippen molar-refractivity contribution in [2.45, 2.75) is 51.4 Å². The third-order valence-corrected chi connectivity index (χ3v) is 5.47. The predicted octanol–water partition coefficient (Wildman–Crippen LogP) is 5.88. The second-order valence-corrected chi connectivity index (χ2v) is 6.90. The molecule has 0 spiro atoms. The third-order valence-electron chi connectivity index (χ3n) is 4.55. The summed E-state index contributed by atoms with van der Waals surface area (Å²) in [6.45, 7) is 2.30. The van der Waals surface area contributed by atoms with Gasteiger partial charge in [-0.1, -0.05) is 31.9 Å². The van der Waals surface area contributed by atoms with Crippen molar-refractivity contribution < 1.29 is 0 Å². The Morgan fingerprint density at radius 3 is 2.60 bits per heavy atom. The number of hydrogen-bond donors (Lipinski definition) is 0. The van der Waals surface area contributed by atoms with E-state index in [-0.39, 0.29) is 0 Å². The highest BCUT2D eigenvalue weighted by Gasteiger charge is 2.22. The average Bonchev–Trinajstić information content (AvgIpc) is 3.03. The smallest absolute Gasteiger partial charge is 0.0434 e. The van der Waals surface area contributed by atoms with E-state index in [1.807, 2.05) is 0 Å². The summed E-state index contributed by atoms with van der Waals surface area (Å²) in [7, 11) is 0. The minimum atomic E-state index is 0.695. The van der Waals surface area contributed by atoms with Crippen LogP contribution in [-0.4, -0.2) is 4.98 Å². The van der Waals surface area contributed by atoms with Crippen LogP contribution in [0.4, 0.5) is 0 Å². The first-order valence-electron chi connectivity index (χ1n) is 7.86. The van der Waals surface area contributed by atoms with Crippen molar-refractivity contribution in [3.63, 3.8) is 0 Å². The molecular formula is C18H23NS. The Hall–Kier alpha value is -1.15.